The van der Waals surface area contributed by atoms with Crippen LogP contribution in [0.5, 0.6) is 0 Å². The molecule has 2 aromatic carbocycles. The number of aliphatic hydroxyl groups excluding tert-OH is 1. The molecule has 122 valence electrons. The Labute approximate surface area is 136 Å². The third-order valence-electron chi connectivity index (χ3n) is 4.70. The fraction of sp³-hybridized carbons (Fsp3) is 0.333. The SMILES string of the molecule is Cc1ccc([C@@H]2[C@@H](S(=O)(=O)c3ccc(C)cc3)[C@]2(N)CO)cc1. The van der Waals surface area contributed by atoms with Crippen LogP contribution in [0.2, 0.25) is 0 Å². The van der Waals surface area contributed by atoms with E-state index >= 15 is 0 Å². The Balaban J connectivity index is 2.01. The molecule has 0 aromatic heterocycles. The lowest BCUT2D eigenvalue weighted by atomic mass is 10.1. The highest BCUT2D eigenvalue weighted by atomic mass is 32.2. The van der Waals surface area contributed by atoms with E-state index < -0.39 is 20.6 Å². The molecule has 3 atom stereocenters. The topological polar surface area (TPSA) is 80.4 Å². The summed E-state index contributed by atoms with van der Waals surface area (Å²) in [5.74, 6) is -0.389. The third-order valence-corrected chi connectivity index (χ3v) is 7.01. The molecule has 5 heteroatoms. The van der Waals surface area contributed by atoms with Crippen molar-refractivity contribution in [1.29, 1.82) is 0 Å². The van der Waals surface area contributed by atoms with Crippen LogP contribution in [0, 0.1) is 13.8 Å². The highest BCUT2D eigenvalue weighted by molar-refractivity contribution is 7.92. The van der Waals surface area contributed by atoms with E-state index in [9.17, 15) is 13.5 Å². The van der Waals surface area contributed by atoms with Crippen molar-refractivity contribution < 1.29 is 13.5 Å². The molecule has 3 rings (SSSR count). The second kappa shape index (κ2) is 5.44. The van der Waals surface area contributed by atoms with E-state index in [2.05, 4.69) is 0 Å². The fourth-order valence-electron chi connectivity index (χ4n) is 3.21. The first-order chi connectivity index (χ1) is 10.8. The van der Waals surface area contributed by atoms with Gasteiger partial charge in [0.05, 0.1) is 22.3 Å². The van der Waals surface area contributed by atoms with Crippen LogP contribution < -0.4 is 5.73 Å². The maximum atomic E-state index is 12.9. The lowest BCUT2D eigenvalue weighted by Crippen LogP contribution is -2.35. The summed E-state index contributed by atoms with van der Waals surface area (Å²) in [6.07, 6.45) is 0. The Bertz CT molecular complexity index is 812. The van der Waals surface area contributed by atoms with Crippen LogP contribution in [0.4, 0.5) is 0 Å². The van der Waals surface area contributed by atoms with Gasteiger partial charge in [-0.15, -0.1) is 0 Å². The Morgan fingerprint density at radius 1 is 1.00 bits per heavy atom. The van der Waals surface area contributed by atoms with Crippen LogP contribution in [0.1, 0.15) is 22.6 Å². The fourth-order valence-corrected chi connectivity index (χ4v) is 5.51. The van der Waals surface area contributed by atoms with Crippen LogP contribution in [-0.4, -0.2) is 30.9 Å². The van der Waals surface area contributed by atoms with E-state index in [1.54, 1.807) is 24.3 Å². The summed E-state index contributed by atoms with van der Waals surface area (Å²) in [7, 11) is -3.59. The predicted octanol–water partition coefficient (Wildman–Crippen LogP) is 1.93. The number of sulfone groups is 1. The van der Waals surface area contributed by atoms with Crippen molar-refractivity contribution in [2.24, 2.45) is 5.73 Å². The highest BCUT2D eigenvalue weighted by Gasteiger charge is 2.69. The number of rotatable bonds is 4. The van der Waals surface area contributed by atoms with E-state index in [-0.39, 0.29) is 17.4 Å². The molecule has 0 saturated heterocycles. The number of nitrogens with two attached hydrogens (primary N) is 1. The Hall–Kier alpha value is -1.69. The van der Waals surface area contributed by atoms with Gasteiger partial charge in [0.15, 0.2) is 9.84 Å². The van der Waals surface area contributed by atoms with Gasteiger partial charge in [0, 0.05) is 5.92 Å². The van der Waals surface area contributed by atoms with Crippen molar-refractivity contribution in [2.75, 3.05) is 6.61 Å². The van der Waals surface area contributed by atoms with E-state index in [1.165, 1.54) is 0 Å². The lowest BCUT2D eigenvalue weighted by Gasteiger charge is -2.08. The highest BCUT2D eigenvalue weighted by Crippen LogP contribution is 2.55. The largest absolute Gasteiger partial charge is 0.394 e. The van der Waals surface area contributed by atoms with Gasteiger partial charge < -0.3 is 10.8 Å². The zero-order valence-electron chi connectivity index (χ0n) is 13.2. The molecule has 4 nitrogen and oxygen atoms in total. The van der Waals surface area contributed by atoms with Gasteiger partial charge in [0.1, 0.15) is 0 Å². The van der Waals surface area contributed by atoms with E-state index in [4.69, 9.17) is 5.73 Å². The van der Waals surface area contributed by atoms with Crippen LogP contribution in [0.15, 0.2) is 53.4 Å². The molecule has 1 aliphatic carbocycles. The maximum absolute atomic E-state index is 12.9. The first-order valence-electron chi connectivity index (χ1n) is 7.57. The summed E-state index contributed by atoms with van der Waals surface area (Å²) >= 11 is 0. The zero-order chi connectivity index (χ0) is 16.8. The lowest BCUT2D eigenvalue weighted by molar-refractivity contribution is 0.253. The first-order valence-corrected chi connectivity index (χ1v) is 9.12. The van der Waals surface area contributed by atoms with Crippen molar-refractivity contribution >= 4 is 9.84 Å². The molecule has 0 heterocycles. The molecule has 2 aromatic rings. The second-order valence-corrected chi connectivity index (χ2v) is 8.51. The summed E-state index contributed by atoms with van der Waals surface area (Å²) in [6, 6.07) is 14.4. The Kier molecular flexibility index (Phi) is 3.83. The van der Waals surface area contributed by atoms with Gasteiger partial charge in [-0.1, -0.05) is 47.5 Å². The molecule has 0 aliphatic heterocycles. The monoisotopic (exact) mass is 331 g/mol. The van der Waals surface area contributed by atoms with Gasteiger partial charge in [0.2, 0.25) is 0 Å². The minimum Gasteiger partial charge on any atom is -0.394 e. The van der Waals surface area contributed by atoms with Crippen molar-refractivity contribution in [1.82, 2.24) is 0 Å². The molecular formula is C18H21NO3S. The van der Waals surface area contributed by atoms with Crippen LogP contribution in [0.3, 0.4) is 0 Å². The molecule has 0 bridgehead atoms. The molecule has 0 radical (unpaired) electrons. The molecule has 0 unspecified atom stereocenters. The third kappa shape index (κ3) is 2.59. The van der Waals surface area contributed by atoms with Gasteiger partial charge in [-0.05, 0) is 31.5 Å². The minimum atomic E-state index is -3.59. The molecule has 3 N–H and O–H groups in total. The first kappa shape index (κ1) is 16.2. The number of hydrogen-bond donors (Lipinski definition) is 2. The summed E-state index contributed by atoms with van der Waals surface area (Å²) in [6.45, 7) is 3.52. The van der Waals surface area contributed by atoms with Crippen molar-refractivity contribution in [3.05, 3.63) is 65.2 Å². The molecule has 0 amide bonds. The Morgan fingerprint density at radius 2 is 1.48 bits per heavy atom. The van der Waals surface area contributed by atoms with Gasteiger partial charge in [-0.25, -0.2) is 8.42 Å². The average molecular weight is 331 g/mol. The molecule has 23 heavy (non-hydrogen) atoms. The van der Waals surface area contributed by atoms with Gasteiger partial charge >= 0.3 is 0 Å². The second-order valence-electron chi connectivity index (χ2n) is 6.44. The molecule has 1 aliphatic rings. The van der Waals surface area contributed by atoms with Gasteiger partial charge in [-0.3, -0.25) is 0 Å². The molecule has 0 spiro atoms. The smallest absolute Gasteiger partial charge is 0.183 e. The normalized spacial score (nSPS) is 27.0. The van der Waals surface area contributed by atoms with E-state index in [1.807, 2.05) is 38.1 Å². The zero-order valence-corrected chi connectivity index (χ0v) is 14.0. The summed E-state index contributed by atoms with van der Waals surface area (Å²) in [4.78, 5) is 0.256. The molecular weight excluding hydrogens is 310 g/mol. The van der Waals surface area contributed by atoms with E-state index in [0.29, 0.717) is 0 Å². The van der Waals surface area contributed by atoms with Gasteiger partial charge in [-0.2, -0.15) is 0 Å². The summed E-state index contributed by atoms with van der Waals surface area (Å²) in [5.41, 5.74) is 8.05. The maximum Gasteiger partial charge on any atom is 0.183 e. The Morgan fingerprint density at radius 3 is 1.96 bits per heavy atom. The summed E-state index contributed by atoms with van der Waals surface area (Å²) < 4.78 is 25.9. The van der Waals surface area contributed by atoms with Crippen LogP contribution in [0.25, 0.3) is 0 Å². The van der Waals surface area contributed by atoms with Crippen molar-refractivity contribution in [3.63, 3.8) is 0 Å². The average Bonchev–Trinajstić information content (AvgIpc) is 3.16. The predicted molar refractivity (Wildman–Crippen MR) is 90.1 cm³/mol. The number of benzene rings is 2. The van der Waals surface area contributed by atoms with Crippen molar-refractivity contribution in [2.45, 2.75) is 35.4 Å². The minimum absolute atomic E-state index is 0.256. The van der Waals surface area contributed by atoms with Gasteiger partial charge in [0.25, 0.3) is 0 Å². The van der Waals surface area contributed by atoms with Crippen LogP contribution >= 0.6 is 0 Å². The van der Waals surface area contributed by atoms with Crippen LogP contribution in [-0.2, 0) is 9.84 Å². The number of aliphatic hydroxyl groups is 1. The molecule has 1 saturated carbocycles. The quantitative estimate of drug-likeness (QED) is 0.897. The standard InChI is InChI=1S/C18H21NO3S/c1-12-3-7-14(8-4-12)16-17(18(16,19)11-20)23(21,22)15-9-5-13(2)6-10-15/h3-10,16-17,20H,11,19H2,1-2H3/t16-,17-,18+/m1/s1. The number of aryl methyl sites for hydroxylation is 2. The van der Waals surface area contributed by atoms with Crippen molar-refractivity contribution in [3.8, 4) is 0 Å². The van der Waals surface area contributed by atoms with E-state index in [0.717, 1.165) is 16.7 Å². The summed E-state index contributed by atoms with van der Waals surface area (Å²) in [5, 5.41) is 8.89. The number of hydrogen-bond acceptors (Lipinski definition) is 4. The molecule has 1 fully saturated rings.